The minimum absolute atomic E-state index is 0.0385. The van der Waals surface area contributed by atoms with Crippen molar-refractivity contribution < 1.29 is 9.72 Å². The fraction of sp³-hybridized carbons (Fsp3) is 0.222. The largest absolute Gasteiger partial charge is 0.352 e. The van der Waals surface area contributed by atoms with Crippen molar-refractivity contribution in [3.05, 3.63) is 68.2 Å². The molecule has 0 aliphatic heterocycles. The number of nitro benzene ring substituents is 1. The number of ketones is 1. The molecule has 1 aliphatic carbocycles. The smallest absolute Gasteiger partial charge is 0.280 e. The Labute approximate surface area is 148 Å². The minimum Gasteiger partial charge on any atom is -0.352 e. The van der Waals surface area contributed by atoms with Gasteiger partial charge in [-0.2, -0.15) is 5.26 Å². The van der Waals surface area contributed by atoms with Gasteiger partial charge in [0, 0.05) is 23.2 Å². The van der Waals surface area contributed by atoms with Crippen molar-refractivity contribution in [1.29, 1.82) is 5.26 Å². The number of carbonyl (C=O) groups excluding carboxylic acids is 1. The summed E-state index contributed by atoms with van der Waals surface area (Å²) in [6.07, 6.45) is 6.80. The van der Waals surface area contributed by atoms with Crippen LogP contribution in [-0.2, 0) is 12.8 Å². The Bertz CT molecular complexity index is 909. The molecule has 2 aromatic rings. The van der Waals surface area contributed by atoms with E-state index in [9.17, 15) is 20.2 Å². The number of hydrogen-bond acceptors (Lipinski definition) is 6. The highest BCUT2D eigenvalue weighted by Crippen LogP contribution is 2.37. The van der Waals surface area contributed by atoms with E-state index >= 15 is 0 Å². The predicted molar refractivity (Wildman–Crippen MR) is 95.9 cm³/mol. The molecule has 0 spiro atoms. The van der Waals surface area contributed by atoms with Crippen molar-refractivity contribution in [2.75, 3.05) is 5.32 Å². The number of benzene rings is 1. The molecule has 126 valence electrons. The number of allylic oxidation sites excluding steroid dienone is 1. The second-order valence-electron chi connectivity index (χ2n) is 5.64. The van der Waals surface area contributed by atoms with Crippen LogP contribution in [-0.4, -0.2) is 10.7 Å². The Morgan fingerprint density at radius 2 is 2.08 bits per heavy atom. The maximum absolute atomic E-state index is 12.2. The molecule has 7 heteroatoms. The van der Waals surface area contributed by atoms with E-state index in [1.165, 1.54) is 46.7 Å². The summed E-state index contributed by atoms with van der Waals surface area (Å²) in [6, 6.07) is 8.07. The third-order valence-electron chi connectivity index (χ3n) is 4.10. The highest BCUT2D eigenvalue weighted by Gasteiger charge is 2.20. The SMILES string of the molecule is N#Cc1c(N/C=C\C(=O)c2ccccc2[N+](=O)[O-])sc2c1CCCC2. The summed E-state index contributed by atoms with van der Waals surface area (Å²) in [5.74, 6) is -0.459. The maximum Gasteiger partial charge on any atom is 0.280 e. The number of nitro groups is 1. The molecule has 25 heavy (non-hydrogen) atoms. The molecule has 0 fully saturated rings. The van der Waals surface area contributed by atoms with Gasteiger partial charge in [0.25, 0.3) is 5.69 Å². The van der Waals surface area contributed by atoms with Crippen molar-refractivity contribution in [3.63, 3.8) is 0 Å². The Kier molecular flexibility index (Phi) is 4.91. The average molecular weight is 353 g/mol. The van der Waals surface area contributed by atoms with Gasteiger partial charge in [0.05, 0.1) is 16.1 Å². The molecule has 0 saturated carbocycles. The molecule has 0 amide bonds. The summed E-state index contributed by atoms with van der Waals surface area (Å²) >= 11 is 1.54. The third-order valence-corrected chi connectivity index (χ3v) is 5.32. The minimum atomic E-state index is -0.574. The molecular weight excluding hydrogens is 338 g/mol. The van der Waals surface area contributed by atoms with Gasteiger partial charge in [-0.1, -0.05) is 12.1 Å². The highest BCUT2D eigenvalue weighted by molar-refractivity contribution is 7.16. The van der Waals surface area contributed by atoms with E-state index < -0.39 is 10.7 Å². The topological polar surface area (TPSA) is 96.0 Å². The zero-order valence-corrected chi connectivity index (χ0v) is 14.1. The molecule has 0 unspecified atom stereocenters. The second kappa shape index (κ2) is 7.28. The Morgan fingerprint density at radius 1 is 1.32 bits per heavy atom. The van der Waals surface area contributed by atoms with Crippen LogP contribution in [0.5, 0.6) is 0 Å². The highest BCUT2D eigenvalue weighted by atomic mass is 32.1. The van der Waals surface area contributed by atoms with Crippen molar-refractivity contribution in [1.82, 2.24) is 0 Å². The molecule has 1 N–H and O–H groups in total. The maximum atomic E-state index is 12.2. The molecule has 1 aromatic carbocycles. The number of nitrogens with one attached hydrogen (secondary N) is 1. The van der Waals surface area contributed by atoms with Crippen LogP contribution in [0.3, 0.4) is 0 Å². The number of thiophene rings is 1. The van der Waals surface area contributed by atoms with Crippen LogP contribution in [0.4, 0.5) is 10.7 Å². The number of fused-ring (bicyclic) bond motifs is 1. The summed E-state index contributed by atoms with van der Waals surface area (Å²) in [6.45, 7) is 0. The first-order chi connectivity index (χ1) is 12.1. The molecule has 6 nitrogen and oxygen atoms in total. The molecule has 0 bridgehead atoms. The van der Waals surface area contributed by atoms with Gasteiger partial charge in [-0.25, -0.2) is 0 Å². The lowest BCUT2D eigenvalue weighted by atomic mass is 9.96. The van der Waals surface area contributed by atoms with E-state index in [2.05, 4.69) is 11.4 Å². The number of anilines is 1. The van der Waals surface area contributed by atoms with Gasteiger partial charge in [-0.3, -0.25) is 14.9 Å². The molecular formula is C18H15N3O3S. The van der Waals surface area contributed by atoms with Gasteiger partial charge in [0.2, 0.25) is 0 Å². The van der Waals surface area contributed by atoms with Crippen LogP contribution in [0, 0.1) is 21.4 Å². The van der Waals surface area contributed by atoms with Crippen molar-refractivity contribution >= 4 is 27.8 Å². The number of nitriles is 1. The lowest BCUT2D eigenvalue weighted by molar-refractivity contribution is -0.385. The lowest BCUT2D eigenvalue weighted by Gasteiger charge is -2.09. The van der Waals surface area contributed by atoms with Crippen molar-refractivity contribution in [3.8, 4) is 6.07 Å². The molecule has 1 heterocycles. The zero-order valence-electron chi connectivity index (χ0n) is 13.3. The lowest BCUT2D eigenvalue weighted by Crippen LogP contribution is -2.02. The van der Waals surface area contributed by atoms with E-state index in [4.69, 9.17) is 0 Å². The Hall–Kier alpha value is -2.98. The van der Waals surface area contributed by atoms with Crippen LogP contribution in [0.25, 0.3) is 0 Å². The summed E-state index contributed by atoms with van der Waals surface area (Å²) in [4.78, 5) is 23.9. The summed E-state index contributed by atoms with van der Waals surface area (Å²) in [5.41, 5.74) is 1.57. The number of carbonyl (C=O) groups is 1. The number of rotatable bonds is 5. The number of aryl methyl sites for hydroxylation is 1. The predicted octanol–water partition coefficient (Wildman–Crippen LogP) is 4.22. The number of nitrogens with zero attached hydrogens (tertiary/aromatic N) is 2. The normalized spacial score (nSPS) is 13.2. The van der Waals surface area contributed by atoms with Gasteiger partial charge >= 0.3 is 0 Å². The molecule has 0 radical (unpaired) electrons. The quantitative estimate of drug-likeness (QED) is 0.376. The van der Waals surface area contributed by atoms with Gasteiger partial charge in [-0.15, -0.1) is 11.3 Å². The van der Waals surface area contributed by atoms with Crippen molar-refractivity contribution in [2.45, 2.75) is 25.7 Å². The van der Waals surface area contributed by atoms with Crippen LogP contribution in [0.1, 0.15) is 39.2 Å². The van der Waals surface area contributed by atoms with Gasteiger partial charge < -0.3 is 5.32 Å². The standard InChI is InChI=1S/C18H15N3O3S/c19-11-14-12-5-2-4-8-17(12)25-18(14)20-10-9-16(22)13-6-1-3-7-15(13)21(23)24/h1,3,6-7,9-10,20H,2,4-5,8H2/b10-9-. The Morgan fingerprint density at radius 3 is 2.84 bits per heavy atom. The van der Waals surface area contributed by atoms with Gasteiger partial charge in [0.1, 0.15) is 11.1 Å². The fourth-order valence-electron chi connectivity index (χ4n) is 2.91. The summed E-state index contributed by atoms with van der Waals surface area (Å²) < 4.78 is 0. The molecule has 0 atom stereocenters. The van der Waals surface area contributed by atoms with Crippen LogP contribution in [0.2, 0.25) is 0 Å². The molecule has 3 rings (SSSR count). The number of hydrogen-bond donors (Lipinski definition) is 1. The van der Waals surface area contributed by atoms with Crippen LogP contribution < -0.4 is 5.32 Å². The van der Waals surface area contributed by atoms with Gasteiger partial charge in [-0.05, 0) is 37.3 Å². The number of para-hydroxylation sites is 1. The average Bonchev–Trinajstić information content (AvgIpc) is 2.98. The Balaban J connectivity index is 1.78. The van der Waals surface area contributed by atoms with E-state index in [1.807, 2.05) is 0 Å². The molecule has 1 aromatic heterocycles. The second-order valence-corrected chi connectivity index (χ2v) is 6.75. The molecule has 1 aliphatic rings. The van der Waals surface area contributed by atoms with Gasteiger partial charge in [0.15, 0.2) is 5.78 Å². The monoisotopic (exact) mass is 353 g/mol. The van der Waals surface area contributed by atoms with Crippen LogP contribution in [0.15, 0.2) is 36.5 Å². The first kappa shape index (κ1) is 16.9. The summed E-state index contributed by atoms with van der Waals surface area (Å²) in [7, 11) is 0. The van der Waals surface area contributed by atoms with Crippen LogP contribution >= 0.6 is 11.3 Å². The zero-order chi connectivity index (χ0) is 17.8. The first-order valence-corrected chi connectivity index (χ1v) is 8.69. The summed E-state index contributed by atoms with van der Waals surface area (Å²) in [5, 5.41) is 24.1. The van der Waals surface area contributed by atoms with Crippen molar-refractivity contribution in [2.24, 2.45) is 0 Å². The fourth-order valence-corrected chi connectivity index (χ4v) is 4.13. The van der Waals surface area contributed by atoms with E-state index in [0.717, 1.165) is 36.2 Å². The third kappa shape index (κ3) is 3.44. The van der Waals surface area contributed by atoms with E-state index in [1.54, 1.807) is 6.07 Å². The molecule has 0 saturated heterocycles. The van der Waals surface area contributed by atoms with E-state index in [0.29, 0.717) is 5.56 Å². The van der Waals surface area contributed by atoms with E-state index in [-0.39, 0.29) is 11.3 Å². The first-order valence-electron chi connectivity index (χ1n) is 7.87.